The topological polar surface area (TPSA) is 132 Å². The third kappa shape index (κ3) is 6.30. The molecule has 12 heteroatoms. The molecule has 5 rings (SSSR count). The molecule has 39 heavy (non-hydrogen) atoms. The van der Waals surface area contributed by atoms with E-state index in [4.69, 9.17) is 14.2 Å². The Morgan fingerprint density at radius 2 is 1.72 bits per heavy atom. The Kier molecular flexibility index (Phi) is 8.25. The highest BCUT2D eigenvalue weighted by atomic mass is 32.2. The van der Waals surface area contributed by atoms with Crippen molar-refractivity contribution in [2.75, 3.05) is 5.75 Å². The molecule has 1 saturated heterocycles. The number of hydrogen-bond acceptors (Lipinski definition) is 10. The van der Waals surface area contributed by atoms with E-state index in [2.05, 4.69) is 15.5 Å². The minimum Gasteiger partial charge on any atom is -0.453 e. The zero-order valence-corrected chi connectivity index (χ0v) is 21.7. The first-order valence-electron chi connectivity index (χ1n) is 12.2. The highest BCUT2D eigenvalue weighted by molar-refractivity contribution is 7.99. The normalized spacial score (nSPS) is 20.5. The summed E-state index contributed by atoms with van der Waals surface area (Å²) in [5.41, 5.74) is 1.90. The molecule has 0 amide bonds. The van der Waals surface area contributed by atoms with Crippen molar-refractivity contribution in [1.29, 1.82) is 0 Å². The predicted molar refractivity (Wildman–Crippen MR) is 142 cm³/mol. The molecule has 1 aliphatic heterocycles. The van der Waals surface area contributed by atoms with E-state index in [1.807, 2.05) is 67.6 Å². The van der Waals surface area contributed by atoms with E-state index in [-0.39, 0.29) is 11.3 Å². The number of hydrogen-bond donors (Lipinski definition) is 0. The SMILES string of the molecule is C[C@@H]1O[C@H](CSc2nnnn2-c2ccccc2)[C@@H](OCc2ccccc2)[C@H]1OC(=O)c1ccc([N+](=O)[O-])cc1. The molecule has 0 bridgehead atoms. The van der Waals surface area contributed by atoms with Crippen molar-refractivity contribution in [3.8, 4) is 5.69 Å². The Morgan fingerprint density at radius 3 is 2.41 bits per heavy atom. The van der Waals surface area contributed by atoms with Crippen LogP contribution in [-0.4, -0.2) is 61.3 Å². The van der Waals surface area contributed by atoms with Crippen molar-refractivity contribution < 1.29 is 23.9 Å². The number of thioether (sulfide) groups is 1. The van der Waals surface area contributed by atoms with Gasteiger partial charge in [0.1, 0.15) is 6.10 Å². The van der Waals surface area contributed by atoms with Crippen molar-refractivity contribution >= 4 is 23.4 Å². The van der Waals surface area contributed by atoms with Crippen LogP contribution in [0.5, 0.6) is 0 Å². The van der Waals surface area contributed by atoms with E-state index in [1.54, 1.807) is 4.68 Å². The summed E-state index contributed by atoms with van der Waals surface area (Å²) < 4.78 is 20.0. The molecule has 0 unspecified atom stereocenters. The lowest BCUT2D eigenvalue weighted by Crippen LogP contribution is -2.39. The number of nitrogens with zero attached hydrogens (tertiary/aromatic N) is 5. The number of nitro benzene ring substituents is 1. The van der Waals surface area contributed by atoms with Crippen LogP contribution in [0.15, 0.2) is 90.1 Å². The molecule has 200 valence electrons. The van der Waals surface area contributed by atoms with Crippen LogP contribution in [0.2, 0.25) is 0 Å². The summed E-state index contributed by atoms with van der Waals surface area (Å²) in [7, 11) is 0. The number of rotatable bonds is 10. The highest BCUT2D eigenvalue weighted by Crippen LogP contribution is 2.32. The molecule has 0 aliphatic carbocycles. The van der Waals surface area contributed by atoms with Gasteiger partial charge < -0.3 is 14.2 Å². The number of aromatic nitrogens is 4. The van der Waals surface area contributed by atoms with Crippen LogP contribution in [0, 0.1) is 10.1 Å². The van der Waals surface area contributed by atoms with Gasteiger partial charge in [-0.25, -0.2) is 4.79 Å². The Hall–Kier alpha value is -4.13. The average Bonchev–Trinajstić information content (AvgIpc) is 3.55. The summed E-state index contributed by atoms with van der Waals surface area (Å²) in [5.74, 6) is -0.164. The lowest BCUT2D eigenvalue weighted by atomic mass is 10.1. The second-order valence-corrected chi connectivity index (χ2v) is 9.82. The molecule has 0 saturated carbocycles. The van der Waals surface area contributed by atoms with Crippen LogP contribution in [0.3, 0.4) is 0 Å². The standard InChI is InChI=1S/C27H25N5O6S/c1-18-24(38-26(33)20-12-14-22(15-13-20)32(34)35)25(36-16-19-8-4-2-5-9-19)23(37-18)17-39-27-28-29-30-31(27)21-10-6-3-7-11-21/h2-15,18,23-25H,16-17H2,1H3/t18-,23+,24-,25+/m0/s1. The smallest absolute Gasteiger partial charge is 0.338 e. The number of non-ortho nitro benzene ring substituents is 1. The molecule has 1 fully saturated rings. The van der Waals surface area contributed by atoms with Crippen molar-refractivity contribution in [2.24, 2.45) is 0 Å². The first-order chi connectivity index (χ1) is 19.0. The van der Waals surface area contributed by atoms with Crippen LogP contribution in [0.25, 0.3) is 5.69 Å². The van der Waals surface area contributed by atoms with Gasteiger partial charge in [0, 0.05) is 17.9 Å². The number of carbonyl (C=O) groups is 1. The summed E-state index contributed by atoms with van der Waals surface area (Å²) in [6.07, 6.45) is -2.16. The van der Waals surface area contributed by atoms with Crippen LogP contribution in [0.1, 0.15) is 22.8 Å². The van der Waals surface area contributed by atoms with Gasteiger partial charge in [0.15, 0.2) is 6.10 Å². The second kappa shape index (κ2) is 12.2. The highest BCUT2D eigenvalue weighted by Gasteiger charge is 2.46. The number of carbonyl (C=O) groups excluding carboxylic acids is 1. The maximum atomic E-state index is 13.0. The van der Waals surface area contributed by atoms with Crippen molar-refractivity contribution in [3.63, 3.8) is 0 Å². The summed E-state index contributed by atoms with van der Waals surface area (Å²) in [6, 6.07) is 24.5. The van der Waals surface area contributed by atoms with Gasteiger partial charge >= 0.3 is 5.97 Å². The third-order valence-corrected chi connectivity index (χ3v) is 7.21. The predicted octanol–water partition coefficient (Wildman–Crippen LogP) is 4.26. The molecule has 1 aliphatic rings. The molecule has 1 aromatic heterocycles. The number of ether oxygens (including phenoxy) is 3. The van der Waals surface area contributed by atoms with Gasteiger partial charge in [-0.15, -0.1) is 5.10 Å². The maximum Gasteiger partial charge on any atom is 0.338 e. The lowest BCUT2D eigenvalue weighted by molar-refractivity contribution is -0.384. The van der Waals surface area contributed by atoms with Gasteiger partial charge in [0.05, 0.1) is 35.0 Å². The summed E-state index contributed by atoms with van der Waals surface area (Å²) >= 11 is 1.41. The van der Waals surface area contributed by atoms with Gasteiger partial charge in [-0.2, -0.15) is 4.68 Å². The number of benzene rings is 3. The lowest BCUT2D eigenvalue weighted by Gasteiger charge is -2.24. The van der Waals surface area contributed by atoms with Crippen LogP contribution >= 0.6 is 11.8 Å². The maximum absolute atomic E-state index is 13.0. The van der Waals surface area contributed by atoms with Crippen molar-refractivity contribution in [1.82, 2.24) is 20.2 Å². The molecular formula is C27H25N5O6S. The molecule has 2 heterocycles. The molecule has 0 spiro atoms. The Balaban J connectivity index is 1.32. The fourth-order valence-electron chi connectivity index (χ4n) is 4.24. The minimum atomic E-state index is -0.702. The minimum absolute atomic E-state index is 0.108. The number of tetrazole rings is 1. The zero-order chi connectivity index (χ0) is 27.2. The van der Waals surface area contributed by atoms with Gasteiger partial charge in [-0.1, -0.05) is 60.3 Å². The zero-order valence-electron chi connectivity index (χ0n) is 20.9. The fraction of sp³-hybridized carbons (Fsp3) is 0.259. The van der Waals surface area contributed by atoms with Gasteiger partial charge in [0.2, 0.25) is 5.16 Å². The number of para-hydroxylation sites is 1. The van der Waals surface area contributed by atoms with Crippen LogP contribution in [-0.2, 0) is 20.8 Å². The van der Waals surface area contributed by atoms with Crippen LogP contribution in [0.4, 0.5) is 5.69 Å². The molecule has 4 atom stereocenters. The van der Waals surface area contributed by atoms with E-state index in [1.165, 1.54) is 36.0 Å². The summed E-state index contributed by atoms with van der Waals surface area (Å²) in [4.78, 5) is 23.4. The molecule has 0 N–H and O–H groups in total. The van der Waals surface area contributed by atoms with Crippen molar-refractivity contribution in [2.45, 2.75) is 43.1 Å². The third-order valence-electron chi connectivity index (χ3n) is 6.20. The number of esters is 1. The summed E-state index contributed by atoms with van der Waals surface area (Å²) in [6.45, 7) is 2.13. The largest absolute Gasteiger partial charge is 0.453 e. The van der Waals surface area contributed by atoms with E-state index in [0.717, 1.165) is 11.3 Å². The first kappa shape index (κ1) is 26.5. The summed E-state index contributed by atoms with van der Waals surface area (Å²) in [5, 5.41) is 23.6. The van der Waals surface area contributed by atoms with Gasteiger partial charge in [0.25, 0.3) is 5.69 Å². The van der Waals surface area contributed by atoms with E-state index >= 15 is 0 Å². The van der Waals surface area contributed by atoms with E-state index in [0.29, 0.717) is 17.5 Å². The van der Waals surface area contributed by atoms with Gasteiger partial charge in [-0.3, -0.25) is 10.1 Å². The molecule has 4 aromatic rings. The van der Waals surface area contributed by atoms with E-state index < -0.39 is 35.3 Å². The van der Waals surface area contributed by atoms with E-state index in [9.17, 15) is 14.9 Å². The van der Waals surface area contributed by atoms with Crippen LogP contribution < -0.4 is 0 Å². The van der Waals surface area contributed by atoms with Crippen molar-refractivity contribution in [3.05, 3.63) is 106 Å². The number of nitro groups is 1. The Bertz CT molecular complexity index is 1400. The monoisotopic (exact) mass is 547 g/mol. The molecule has 11 nitrogen and oxygen atoms in total. The first-order valence-corrected chi connectivity index (χ1v) is 13.2. The molecule has 0 radical (unpaired) electrons. The van der Waals surface area contributed by atoms with Gasteiger partial charge in [-0.05, 0) is 47.2 Å². The second-order valence-electron chi connectivity index (χ2n) is 8.83. The average molecular weight is 548 g/mol. The fourth-order valence-corrected chi connectivity index (χ4v) is 5.18. The molecule has 3 aromatic carbocycles. The molecular weight excluding hydrogens is 522 g/mol. The Morgan fingerprint density at radius 1 is 1.03 bits per heavy atom. The Labute approximate surface area is 228 Å². The quantitative estimate of drug-likeness (QED) is 0.123.